The third-order valence-corrected chi connectivity index (χ3v) is 3.26. The van der Waals surface area contributed by atoms with Crippen molar-refractivity contribution in [3.8, 4) is 5.69 Å². The maximum Gasteiger partial charge on any atom is 0.354 e. The smallest absolute Gasteiger partial charge is 0.354 e. The number of hydrogen-bond acceptors (Lipinski definition) is 3. The Morgan fingerprint density at radius 2 is 1.95 bits per heavy atom. The minimum atomic E-state index is -0.375. The first-order valence-electron chi connectivity index (χ1n) is 6.42. The van der Waals surface area contributed by atoms with Crippen LogP contribution in [0.3, 0.4) is 0 Å². The van der Waals surface area contributed by atoms with Crippen molar-refractivity contribution in [2.75, 3.05) is 12.4 Å². The Labute approximate surface area is 121 Å². The van der Waals surface area contributed by atoms with Gasteiger partial charge in [-0.15, -0.1) is 0 Å². The fourth-order valence-corrected chi connectivity index (χ4v) is 2.30. The number of nitrogens with zero attached hydrogens (tertiary/aromatic N) is 3. The molecule has 3 rings (SSSR count). The van der Waals surface area contributed by atoms with E-state index in [4.69, 9.17) is 6.57 Å². The summed E-state index contributed by atoms with van der Waals surface area (Å²) in [5, 5.41) is 3.72. The zero-order valence-electron chi connectivity index (χ0n) is 11.4. The summed E-state index contributed by atoms with van der Waals surface area (Å²) in [4.78, 5) is 19.9. The van der Waals surface area contributed by atoms with Gasteiger partial charge >= 0.3 is 5.69 Å². The zero-order valence-corrected chi connectivity index (χ0v) is 11.4. The molecular weight excluding hydrogens is 264 g/mol. The molecule has 0 atom stereocenters. The van der Waals surface area contributed by atoms with Crippen LogP contribution in [0.2, 0.25) is 0 Å². The van der Waals surface area contributed by atoms with Crippen LogP contribution in [0.25, 0.3) is 21.4 Å². The van der Waals surface area contributed by atoms with E-state index in [9.17, 15) is 4.79 Å². The fourth-order valence-electron chi connectivity index (χ4n) is 2.30. The predicted molar refractivity (Wildman–Crippen MR) is 83.1 cm³/mol. The number of benzene rings is 2. The second-order valence-corrected chi connectivity index (χ2v) is 4.48. The molecular formula is C16H12N4O. The average Bonchev–Trinajstić information content (AvgIpc) is 2.54. The first-order valence-corrected chi connectivity index (χ1v) is 6.42. The van der Waals surface area contributed by atoms with Crippen LogP contribution in [0.15, 0.2) is 53.3 Å². The van der Waals surface area contributed by atoms with Crippen molar-refractivity contribution in [1.29, 1.82) is 0 Å². The van der Waals surface area contributed by atoms with Gasteiger partial charge in [0.1, 0.15) is 5.82 Å². The Hall–Kier alpha value is -3.13. The second kappa shape index (κ2) is 5.10. The van der Waals surface area contributed by atoms with Crippen LogP contribution in [0, 0.1) is 6.57 Å². The van der Waals surface area contributed by atoms with Crippen molar-refractivity contribution in [3.05, 3.63) is 70.4 Å². The summed E-state index contributed by atoms with van der Waals surface area (Å²) in [6, 6.07) is 14.5. The van der Waals surface area contributed by atoms with Crippen molar-refractivity contribution in [1.82, 2.24) is 9.55 Å². The number of aromatic nitrogens is 2. The third-order valence-electron chi connectivity index (χ3n) is 3.26. The molecule has 3 aromatic rings. The lowest BCUT2D eigenvalue weighted by Crippen LogP contribution is -2.23. The topological polar surface area (TPSA) is 51.3 Å². The highest BCUT2D eigenvalue weighted by molar-refractivity contribution is 5.92. The van der Waals surface area contributed by atoms with Crippen LogP contribution in [-0.2, 0) is 0 Å². The summed E-state index contributed by atoms with van der Waals surface area (Å²) >= 11 is 0. The summed E-state index contributed by atoms with van der Waals surface area (Å²) in [5.74, 6) is 0.513. The molecule has 5 nitrogen and oxygen atoms in total. The molecule has 1 heterocycles. The standard InChI is InChI=1S/C16H12N4O/c1-17-11-8-9-13-14(10-11)20(12-6-4-3-5-7-12)16(21)19-15(13)18-2/h3-10H,2H3,(H,18,19,21). The van der Waals surface area contributed by atoms with Gasteiger partial charge in [0.2, 0.25) is 0 Å². The highest BCUT2D eigenvalue weighted by Crippen LogP contribution is 2.26. The van der Waals surface area contributed by atoms with E-state index in [0.29, 0.717) is 17.0 Å². The van der Waals surface area contributed by atoms with Gasteiger partial charge in [-0.2, -0.15) is 4.98 Å². The van der Waals surface area contributed by atoms with Crippen LogP contribution >= 0.6 is 0 Å². The molecule has 5 heteroatoms. The summed E-state index contributed by atoms with van der Waals surface area (Å²) in [5.41, 5.74) is 1.50. The van der Waals surface area contributed by atoms with Crippen LogP contribution in [-0.4, -0.2) is 16.6 Å². The minimum absolute atomic E-state index is 0.375. The van der Waals surface area contributed by atoms with Gasteiger partial charge in [-0.3, -0.25) is 4.57 Å². The summed E-state index contributed by atoms with van der Waals surface area (Å²) < 4.78 is 1.52. The molecule has 0 aliphatic heterocycles. The second-order valence-electron chi connectivity index (χ2n) is 4.48. The number of anilines is 1. The predicted octanol–water partition coefficient (Wildman–Crippen LogP) is 2.98. The van der Waals surface area contributed by atoms with Gasteiger partial charge in [0.25, 0.3) is 0 Å². The molecule has 0 fully saturated rings. The maximum atomic E-state index is 12.3. The van der Waals surface area contributed by atoms with E-state index < -0.39 is 0 Å². The monoisotopic (exact) mass is 276 g/mol. The van der Waals surface area contributed by atoms with Crippen LogP contribution in [0.1, 0.15) is 0 Å². The number of fused-ring (bicyclic) bond motifs is 1. The minimum Gasteiger partial charge on any atom is -0.372 e. The maximum absolute atomic E-state index is 12.3. The fraction of sp³-hybridized carbons (Fsp3) is 0.0625. The first kappa shape index (κ1) is 12.9. The lowest BCUT2D eigenvalue weighted by atomic mass is 10.2. The summed E-state index contributed by atoms with van der Waals surface area (Å²) in [6.07, 6.45) is 0. The highest BCUT2D eigenvalue weighted by atomic mass is 16.1. The molecule has 0 saturated heterocycles. The van der Waals surface area contributed by atoms with Gasteiger partial charge in [-0.05, 0) is 18.2 Å². The Bertz CT molecular complexity index is 907. The van der Waals surface area contributed by atoms with Gasteiger partial charge in [0, 0.05) is 12.4 Å². The SMILES string of the molecule is [C-]#[N+]c1ccc2c(NC)nc(=O)n(-c3ccccc3)c2c1. The molecule has 21 heavy (non-hydrogen) atoms. The Morgan fingerprint density at radius 1 is 1.19 bits per heavy atom. The molecule has 0 saturated carbocycles. The molecule has 1 N–H and O–H groups in total. The average molecular weight is 276 g/mol. The molecule has 0 radical (unpaired) electrons. The lowest BCUT2D eigenvalue weighted by molar-refractivity contribution is 0.961. The molecule has 0 amide bonds. The summed E-state index contributed by atoms with van der Waals surface area (Å²) in [6.45, 7) is 7.15. The summed E-state index contributed by atoms with van der Waals surface area (Å²) in [7, 11) is 1.72. The van der Waals surface area contributed by atoms with Crippen molar-refractivity contribution in [2.24, 2.45) is 0 Å². The van der Waals surface area contributed by atoms with E-state index in [1.165, 1.54) is 4.57 Å². The van der Waals surface area contributed by atoms with E-state index in [-0.39, 0.29) is 5.69 Å². The normalized spacial score (nSPS) is 10.3. The molecule has 0 aliphatic rings. The lowest BCUT2D eigenvalue weighted by Gasteiger charge is -2.12. The third kappa shape index (κ3) is 2.13. The van der Waals surface area contributed by atoms with Gasteiger partial charge in [-0.1, -0.05) is 30.3 Å². The van der Waals surface area contributed by atoms with Crippen molar-refractivity contribution < 1.29 is 0 Å². The molecule has 102 valence electrons. The number of para-hydroxylation sites is 1. The van der Waals surface area contributed by atoms with Gasteiger partial charge in [-0.25, -0.2) is 9.64 Å². The zero-order chi connectivity index (χ0) is 14.8. The number of hydrogen-bond donors (Lipinski definition) is 1. The first-order chi connectivity index (χ1) is 10.2. The van der Waals surface area contributed by atoms with E-state index in [2.05, 4.69) is 15.1 Å². The van der Waals surface area contributed by atoms with Crippen LogP contribution in [0.4, 0.5) is 11.5 Å². The number of rotatable bonds is 2. The van der Waals surface area contributed by atoms with E-state index in [1.54, 1.807) is 25.2 Å². The quantitative estimate of drug-likeness (QED) is 0.732. The van der Waals surface area contributed by atoms with E-state index >= 15 is 0 Å². The molecule has 2 aromatic carbocycles. The van der Waals surface area contributed by atoms with Gasteiger partial charge in [0.05, 0.1) is 17.8 Å². The van der Waals surface area contributed by atoms with Crippen molar-refractivity contribution >= 4 is 22.4 Å². The van der Waals surface area contributed by atoms with Crippen molar-refractivity contribution in [3.63, 3.8) is 0 Å². The Morgan fingerprint density at radius 3 is 2.62 bits per heavy atom. The molecule has 0 spiro atoms. The van der Waals surface area contributed by atoms with Crippen molar-refractivity contribution in [2.45, 2.75) is 0 Å². The van der Waals surface area contributed by atoms with Crippen LogP contribution in [0.5, 0.6) is 0 Å². The highest BCUT2D eigenvalue weighted by Gasteiger charge is 2.11. The van der Waals surface area contributed by atoms with Gasteiger partial charge < -0.3 is 5.32 Å². The largest absolute Gasteiger partial charge is 0.372 e. The Balaban J connectivity index is 2.46. The number of nitrogens with one attached hydrogen (secondary N) is 1. The molecule has 0 unspecified atom stereocenters. The molecule has 0 aliphatic carbocycles. The van der Waals surface area contributed by atoms with E-state index in [0.717, 1.165) is 11.1 Å². The van der Waals surface area contributed by atoms with Gasteiger partial charge in [0.15, 0.2) is 5.69 Å². The molecule has 0 bridgehead atoms. The van der Waals surface area contributed by atoms with E-state index in [1.807, 2.05) is 30.3 Å². The Kier molecular flexibility index (Phi) is 3.13. The van der Waals surface area contributed by atoms with Crippen LogP contribution < -0.4 is 11.0 Å². The molecule has 1 aromatic heterocycles.